The van der Waals surface area contributed by atoms with Crippen LogP contribution in [0.25, 0.3) is 0 Å². The zero-order valence-corrected chi connectivity index (χ0v) is 13.5. The summed E-state index contributed by atoms with van der Waals surface area (Å²) in [6, 6.07) is 8.34. The van der Waals surface area contributed by atoms with Crippen molar-refractivity contribution in [3.63, 3.8) is 0 Å². The highest BCUT2D eigenvalue weighted by Gasteiger charge is 2.23. The molecule has 0 radical (unpaired) electrons. The Morgan fingerprint density at radius 1 is 1.19 bits per heavy atom. The van der Waals surface area contributed by atoms with E-state index in [4.69, 9.17) is 0 Å². The van der Waals surface area contributed by atoms with Crippen LogP contribution in [0.15, 0.2) is 24.3 Å². The number of piperidine rings is 1. The summed E-state index contributed by atoms with van der Waals surface area (Å²) in [5, 5.41) is 3.05. The molecule has 1 unspecified atom stereocenters. The number of benzene rings is 1. The fourth-order valence-electron chi connectivity index (χ4n) is 3.01. The Balaban J connectivity index is 1.57. The van der Waals surface area contributed by atoms with Crippen LogP contribution in [0.1, 0.15) is 26.2 Å². The number of carbonyl (C=O) groups excluding carboxylic acids is 1. The van der Waals surface area contributed by atoms with Crippen molar-refractivity contribution >= 4 is 29.0 Å². The van der Waals surface area contributed by atoms with E-state index in [1.165, 1.54) is 18.5 Å². The summed E-state index contributed by atoms with van der Waals surface area (Å²) in [5.41, 5.74) is 2.20. The van der Waals surface area contributed by atoms with Crippen molar-refractivity contribution in [1.82, 2.24) is 0 Å². The minimum absolute atomic E-state index is 0.180. The first-order chi connectivity index (χ1) is 10.2. The SMILES string of the molecule is CC1CCN(c2ccc(NC(=O)C3CCSC3)cc2)CC1. The van der Waals surface area contributed by atoms with Gasteiger partial charge in [-0.15, -0.1) is 0 Å². The van der Waals surface area contributed by atoms with E-state index in [1.807, 2.05) is 23.9 Å². The monoisotopic (exact) mass is 304 g/mol. The normalized spacial score (nSPS) is 23.3. The van der Waals surface area contributed by atoms with Gasteiger partial charge < -0.3 is 10.2 Å². The lowest BCUT2D eigenvalue weighted by atomic mass is 9.99. The summed E-state index contributed by atoms with van der Waals surface area (Å²) in [7, 11) is 0. The molecule has 2 fully saturated rings. The maximum absolute atomic E-state index is 12.1. The molecule has 1 amide bonds. The van der Waals surface area contributed by atoms with Gasteiger partial charge in [-0.25, -0.2) is 0 Å². The summed E-state index contributed by atoms with van der Waals surface area (Å²) in [6.45, 7) is 4.62. The van der Waals surface area contributed by atoms with Crippen LogP contribution in [-0.2, 0) is 4.79 Å². The van der Waals surface area contributed by atoms with Crippen LogP contribution in [0.2, 0.25) is 0 Å². The molecule has 21 heavy (non-hydrogen) atoms. The zero-order chi connectivity index (χ0) is 14.7. The lowest BCUT2D eigenvalue weighted by Crippen LogP contribution is -2.32. The Labute approximate surface area is 131 Å². The molecular weight excluding hydrogens is 280 g/mol. The van der Waals surface area contributed by atoms with E-state index in [-0.39, 0.29) is 11.8 Å². The Morgan fingerprint density at radius 3 is 2.52 bits per heavy atom. The molecule has 1 aromatic rings. The number of carbonyl (C=O) groups is 1. The molecule has 2 heterocycles. The largest absolute Gasteiger partial charge is 0.372 e. The van der Waals surface area contributed by atoms with Gasteiger partial charge in [-0.05, 0) is 55.2 Å². The minimum atomic E-state index is 0.180. The van der Waals surface area contributed by atoms with E-state index in [0.717, 1.165) is 42.6 Å². The number of nitrogens with zero attached hydrogens (tertiary/aromatic N) is 1. The van der Waals surface area contributed by atoms with E-state index >= 15 is 0 Å². The fraction of sp³-hybridized carbons (Fsp3) is 0.588. The van der Waals surface area contributed by atoms with Crippen molar-refractivity contribution in [2.75, 3.05) is 34.8 Å². The molecule has 0 bridgehead atoms. The summed E-state index contributed by atoms with van der Waals surface area (Å²) in [6.07, 6.45) is 3.57. The number of rotatable bonds is 3. The number of amides is 1. The fourth-order valence-corrected chi connectivity index (χ4v) is 4.23. The topological polar surface area (TPSA) is 32.3 Å². The van der Waals surface area contributed by atoms with E-state index in [2.05, 4.69) is 29.3 Å². The molecule has 1 aromatic carbocycles. The molecule has 0 aromatic heterocycles. The molecule has 2 aliphatic heterocycles. The molecule has 1 atom stereocenters. The van der Waals surface area contributed by atoms with Crippen LogP contribution in [-0.4, -0.2) is 30.5 Å². The standard InChI is InChI=1S/C17H24N2OS/c1-13-6-9-19(10-7-13)16-4-2-15(3-5-16)18-17(20)14-8-11-21-12-14/h2-5,13-14H,6-12H2,1H3,(H,18,20). The average Bonchev–Trinajstić information content (AvgIpc) is 3.03. The van der Waals surface area contributed by atoms with Crippen LogP contribution in [0.3, 0.4) is 0 Å². The highest BCUT2D eigenvalue weighted by atomic mass is 32.2. The van der Waals surface area contributed by atoms with Crippen LogP contribution >= 0.6 is 11.8 Å². The van der Waals surface area contributed by atoms with Crippen molar-refractivity contribution in [2.45, 2.75) is 26.2 Å². The van der Waals surface area contributed by atoms with E-state index in [1.54, 1.807) is 0 Å². The predicted octanol–water partition coefficient (Wildman–Crippen LogP) is 3.61. The molecule has 0 aliphatic carbocycles. The molecular formula is C17H24N2OS. The second-order valence-corrected chi connectivity index (χ2v) is 7.42. The van der Waals surface area contributed by atoms with Crippen molar-refractivity contribution in [3.8, 4) is 0 Å². The lowest BCUT2D eigenvalue weighted by molar-refractivity contribution is -0.119. The Bertz CT molecular complexity index is 474. The number of hydrogen-bond donors (Lipinski definition) is 1. The number of anilines is 2. The summed E-state index contributed by atoms with van der Waals surface area (Å²) in [5.74, 6) is 3.31. The second kappa shape index (κ2) is 6.73. The third-order valence-electron chi connectivity index (χ3n) is 4.58. The van der Waals surface area contributed by atoms with Gasteiger partial charge in [0.15, 0.2) is 0 Å². The smallest absolute Gasteiger partial charge is 0.228 e. The molecule has 4 heteroatoms. The number of nitrogens with one attached hydrogen (secondary N) is 1. The number of hydrogen-bond acceptors (Lipinski definition) is 3. The Morgan fingerprint density at radius 2 is 1.90 bits per heavy atom. The molecule has 0 spiro atoms. The van der Waals surface area contributed by atoms with Crippen LogP contribution < -0.4 is 10.2 Å². The van der Waals surface area contributed by atoms with Gasteiger partial charge in [-0.2, -0.15) is 11.8 Å². The number of thioether (sulfide) groups is 1. The Hall–Kier alpha value is -1.16. The van der Waals surface area contributed by atoms with Gasteiger partial charge >= 0.3 is 0 Å². The minimum Gasteiger partial charge on any atom is -0.372 e. The average molecular weight is 304 g/mol. The lowest BCUT2D eigenvalue weighted by Gasteiger charge is -2.32. The van der Waals surface area contributed by atoms with Crippen molar-refractivity contribution in [2.24, 2.45) is 11.8 Å². The predicted molar refractivity (Wildman–Crippen MR) is 91.1 cm³/mol. The molecule has 114 valence electrons. The first kappa shape index (κ1) is 14.8. The Kier molecular flexibility index (Phi) is 4.73. The molecule has 2 saturated heterocycles. The van der Waals surface area contributed by atoms with Gasteiger partial charge in [0, 0.05) is 36.1 Å². The molecule has 3 nitrogen and oxygen atoms in total. The maximum atomic E-state index is 12.1. The van der Waals surface area contributed by atoms with Crippen LogP contribution in [0, 0.1) is 11.8 Å². The van der Waals surface area contributed by atoms with Crippen molar-refractivity contribution < 1.29 is 4.79 Å². The summed E-state index contributed by atoms with van der Waals surface area (Å²) >= 11 is 1.87. The van der Waals surface area contributed by atoms with E-state index in [0.29, 0.717) is 0 Å². The second-order valence-electron chi connectivity index (χ2n) is 6.27. The first-order valence-corrected chi connectivity index (χ1v) is 9.11. The van der Waals surface area contributed by atoms with Crippen molar-refractivity contribution in [3.05, 3.63) is 24.3 Å². The van der Waals surface area contributed by atoms with Gasteiger partial charge in [0.1, 0.15) is 0 Å². The highest BCUT2D eigenvalue weighted by molar-refractivity contribution is 7.99. The van der Waals surface area contributed by atoms with Crippen LogP contribution in [0.5, 0.6) is 0 Å². The zero-order valence-electron chi connectivity index (χ0n) is 12.7. The highest BCUT2D eigenvalue weighted by Crippen LogP contribution is 2.26. The summed E-state index contributed by atoms with van der Waals surface area (Å²) < 4.78 is 0. The quantitative estimate of drug-likeness (QED) is 0.926. The van der Waals surface area contributed by atoms with Gasteiger partial charge in [0.05, 0.1) is 0 Å². The maximum Gasteiger partial charge on any atom is 0.228 e. The molecule has 3 rings (SSSR count). The third kappa shape index (κ3) is 3.73. The van der Waals surface area contributed by atoms with E-state index in [9.17, 15) is 4.79 Å². The third-order valence-corrected chi connectivity index (χ3v) is 5.75. The van der Waals surface area contributed by atoms with Gasteiger partial charge in [-0.1, -0.05) is 6.92 Å². The van der Waals surface area contributed by atoms with Crippen LogP contribution in [0.4, 0.5) is 11.4 Å². The van der Waals surface area contributed by atoms with Crippen molar-refractivity contribution in [1.29, 1.82) is 0 Å². The molecule has 1 N–H and O–H groups in total. The molecule has 0 saturated carbocycles. The van der Waals surface area contributed by atoms with Gasteiger partial charge in [0.25, 0.3) is 0 Å². The molecule has 2 aliphatic rings. The van der Waals surface area contributed by atoms with E-state index < -0.39 is 0 Å². The van der Waals surface area contributed by atoms with Gasteiger partial charge in [-0.3, -0.25) is 4.79 Å². The first-order valence-electron chi connectivity index (χ1n) is 7.96. The van der Waals surface area contributed by atoms with Gasteiger partial charge in [0.2, 0.25) is 5.91 Å². The summed E-state index contributed by atoms with van der Waals surface area (Å²) in [4.78, 5) is 14.5.